The molecular weight excluding hydrogens is 541 g/mol. The summed E-state index contributed by atoms with van der Waals surface area (Å²) < 4.78 is 20.8. The highest BCUT2D eigenvalue weighted by Crippen LogP contribution is 2.37. The van der Waals surface area contributed by atoms with Gasteiger partial charge in [0, 0.05) is 44.4 Å². The minimum atomic E-state index is -1.04. The van der Waals surface area contributed by atoms with Gasteiger partial charge in [0.25, 0.3) is 0 Å². The highest BCUT2D eigenvalue weighted by Gasteiger charge is 2.36. The molecule has 0 radical (unpaired) electrons. The Bertz CT molecular complexity index is 1560. The van der Waals surface area contributed by atoms with Gasteiger partial charge in [0.05, 0.1) is 7.11 Å². The Hall–Kier alpha value is -4.77. The average Bonchev–Trinajstić information content (AvgIpc) is 2.95. The van der Waals surface area contributed by atoms with Crippen molar-refractivity contribution in [3.05, 3.63) is 71.0 Å². The molecule has 1 aliphatic rings. The van der Waals surface area contributed by atoms with Crippen LogP contribution in [0.5, 0.6) is 5.75 Å². The first-order valence-corrected chi connectivity index (χ1v) is 13.4. The monoisotopic (exact) mass is 575 g/mol. The first kappa shape index (κ1) is 30.2. The molecule has 0 aromatic heterocycles. The number of hydrogen-bond donors (Lipinski definition) is 4. The molecule has 0 aliphatic carbocycles. The maximum absolute atomic E-state index is 15.3. The highest BCUT2D eigenvalue weighted by molar-refractivity contribution is 6.12. The second-order valence-electron chi connectivity index (χ2n) is 10.1. The van der Waals surface area contributed by atoms with E-state index in [1.165, 1.54) is 20.2 Å². The van der Waals surface area contributed by atoms with Gasteiger partial charge in [-0.25, -0.2) is 9.18 Å². The van der Waals surface area contributed by atoms with Crippen LogP contribution in [0.1, 0.15) is 23.1 Å². The van der Waals surface area contributed by atoms with Crippen molar-refractivity contribution in [1.82, 2.24) is 15.5 Å². The number of nitrogens with one attached hydrogen (secondary N) is 3. The molecule has 1 aliphatic heterocycles. The van der Waals surface area contributed by atoms with Crippen molar-refractivity contribution in [2.24, 2.45) is 11.7 Å². The minimum Gasteiger partial charge on any atom is -0.496 e. The Kier molecular flexibility index (Phi) is 9.21. The normalized spacial score (nSPS) is 14.9. The average molecular weight is 576 g/mol. The van der Waals surface area contributed by atoms with E-state index in [9.17, 15) is 19.2 Å². The fraction of sp³-hybridized carbons (Fsp3) is 0.290. The fourth-order valence-corrected chi connectivity index (χ4v) is 5.00. The summed E-state index contributed by atoms with van der Waals surface area (Å²) in [5.41, 5.74) is 10.9. The number of carbonyl (C=O) groups is 4. The molecule has 0 bridgehead atoms. The number of primary amides is 1. The first-order chi connectivity index (χ1) is 20.0. The van der Waals surface area contributed by atoms with E-state index in [4.69, 9.17) is 10.5 Å². The molecule has 3 aromatic rings. The number of carbonyl (C=O) groups excluding carboxylic acids is 4. The smallest absolute Gasteiger partial charge is 0.323 e. The zero-order valence-corrected chi connectivity index (χ0v) is 24.0. The van der Waals surface area contributed by atoms with Gasteiger partial charge in [0.15, 0.2) is 0 Å². The zero-order chi connectivity index (χ0) is 30.6. The number of nitrogens with two attached hydrogens (primary N) is 1. The molecular formula is C31H34FN5O5. The molecule has 3 aromatic carbocycles. The van der Waals surface area contributed by atoms with Crippen LogP contribution in [-0.4, -0.2) is 55.9 Å². The van der Waals surface area contributed by atoms with Crippen LogP contribution in [0.2, 0.25) is 0 Å². The highest BCUT2D eigenvalue weighted by atomic mass is 19.1. The van der Waals surface area contributed by atoms with Crippen LogP contribution in [0.15, 0.2) is 48.5 Å². The van der Waals surface area contributed by atoms with E-state index in [-0.39, 0.29) is 19.5 Å². The van der Waals surface area contributed by atoms with Crippen LogP contribution in [0.4, 0.5) is 14.9 Å². The van der Waals surface area contributed by atoms with Gasteiger partial charge in [-0.05, 0) is 65.4 Å². The van der Waals surface area contributed by atoms with Crippen LogP contribution in [-0.2, 0) is 20.9 Å². The van der Waals surface area contributed by atoms with Crippen LogP contribution >= 0.6 is 0 Å². The van der Waals surface area contributed by atoms with E-state index in [0.29, 0.717) is 29.1 Å². The van der Waals surface area contributed by atoms with Gasteiger partial charge in [-0.1, -0.05) is 30.3 Å². The molecule has 0 saturated carbocycles. The molecule has 0 spiro atoms. The van der Waals surface area contributed by atoms with Crippen molar-refractivity contribution in [1.29, 1.82) is 0 Å². The van der Waals surface area contributed by atoms with E-state index in [1.54, 1.807) is 12.1 Å². The third-order valence-corrected chi connectivity index (χ3v) is 7.46. The largest absolute Gasteiger partial charge is 0.496 e. The number of methoxy groups -OCH3 is 1. The summed E-state index contributed by atoms with van der Waals surface area (Å²) in [6.45, 7) is 4.24. The second kappa shape index (κ2) is 12.8. The summed E-state index contributed by atoms with van der Waals surface area (Å²) in [5, 5.41) is 8.40. The number of amides is 5. The molecule has 42 heavy (non-hydrogen) atoms. The lowest BCUT2D eigenvalue weighted by Crippen LogP contribution is -2.56. The molecule has 5 amide bonds. The van der Waals surface area contributed by atoms with Gasteiger partial charge in [-0.15, -0.1) is 0 Å². The number of benzene rings is 3. The van der Waals surface area contributed by atoms with Crippen LogP contribution in [0.25, 0.3) is 22.3 Å². The maximum Gasteiger partial charge on any atom is 0.323 e. The lowest BCUT2D eigenvalue weighted by Gasteiger charge is -2.28. The molecule has 10 nitrogen and oxygen atoms in total. The van der Waals surface area contributed by atoms with Gasteiger partial charge in [-0.3, -0.25) is 19.3 Å². The predicted octanol–water partition coefficient (Wildman–Crippen LogP) is 3.49. The van der Waals surface area contributed by atoms with Crippen molar-refractivity contribution in [2.45, 2.75) is 26.8 Å². The quantitative estimate of drug-likeness (QED) is 0.215. The predicted molar refractivity (Wildman–Crippen MR) is 157 cm³/mol. The van der Waals surface area contributed by atoms with Gasteiger partial charge in [-0.2, -0.15) is 0 Å². The molecule has 1 atom stereocenters. The van der Waals surface area contributed by atoms with Gasteiger partial charge >= 0.3 is 6.03 Å². The van der Waals surface area contributed by atoms with Crippen molar-refractivity contribution in [3.8, 4) is 28.0 Å². The summed E-state index contributed by atoms with van der Waals surface area (Å²) in [4.78, 5) is 49.1. The molecule has 220 valence electrons. The van der Waals surface area contributed by atoms with E-state index >= 15 is 4.39 Å². The second-order valence-corrected chi connectivity index (χ2v) is 10.1. The molecule has 4 rings (SSSR count). The summed E-state index contributed by atoms with van der Waals surface area (Å²) in [5.74, 6) is -2.62. The van der Waals surface area contributed by atoms with Crippen LogP contribution in [0.3, 0.4) is 0 Å². The fourth-order valence-electron chi connectivity index (χ4n) is 5.00. The number of imide groups is 1. The number of urea groups is 1. The van der Waals surface area contributed by atoms with E-state index in [0.717, 1.165) is 32.7 Å². The number of anilines is 1. The number of nitrogens with zero attached hydrogens (tertiary/aromatic N) is 1. The Morgan fingerprint density at radius 3 is 2.43 bits per heavy atom. The van der Waals surface area contributed by atoms with Gasteiger partial charge in [0.2, 0.25) is 17.7 Å². The van der Waals surface area contributed by atoms with Crippen molar-refractivity contribution >= 4 is 29.4 Å². The molecule has 1 heterocycles. The van der Waals surface area contributed by atoms with Crippen LogP contribution < -0.4 is 26.4 Å². The summed E-state index contributed by atoms with van der Waals surface area (Å²) in [7, 11) is 2.81. The first-order valence-electron chi connectivity index (χ1n) is 13.4. The zero-order valence-electron chi connectivity index (χ0n) is 24.0. The standard InChI is InChI=1S/C31H34FN5O5/c1-17-20(19-13-25(32)23(27(14-19)42-4)15-34-12-11-28(33)38)7-5-8-21(17)22-9-6-10-26(18(22)2)36-29(39)24-16-35-31(41)37(3)30(24)40/h5-10,13-14,24,34H,11-12,15-16H2,1-4H3,(H2,33,38)(H,35,41)(H,36,39). The third kappa shape index (κ3) is 6.26. The van der Waals surface area contributed by atoms with Crippen molar-refractivity contribution in [3.63, 3.8) is 0 Å². The van der Waals surface area contributed by atoms with Gasteiger partial charge < -0.3 is 26.4 Å². The van der Waals surface area contributed by atoms with Crippen molar-refractivity contribution < 1.29 is 28.3 Å². The molecule has 11 heteroatoms. The SMILES string of the molecule is COc1cc(-c2cccc(-c3cccc(NC(=O)C4CNC(=O)N(C)C4=O)c3C)c2C)cc(F)c1CNCCC(N)=O. The Morgan fingerprint density at radius 2 is 1.74 bits per heavy atom. The Morgan fingerprint density at radius 1 is 1.07 bits per heavy atom. The molecule has 5 N–H and O–H groups in total. The van der Waals surface area contributed by atoms with E-state index in [2.05, 4.69) is 16.0 Å². The summed E-state index contributed by atoms with van der Waals surface area (Å²) in [6.07, 6.45) is 0.145. The third-order valence-electron chi connectivity index (χ3n) is 7.46. The maximum atomic E-state index is 15.3. The Labute approximate surface area is 243 Å². The van der Waals surface area contributed by atoms with E-state index in [1.807, 2.05) is 44.2 Å². The number of ether oxygens (including phenoxy) is 1. The molecule has 1 saturated heterocycles. The van der Waals surface area contributed by atoms with E-state index < -0.39 is 35.5 Å². The van der Waals surface area contributed by atoms with Crippen molar-refractivity contribution in [2.75, 3.05) is 32.6 Å². The lowest BCUT2D eigenvalue weighted by atomic mass is 9.90. The number of halogens is 1. The summed E-state index contributed by atoms with van der Waals surface area (Å²) >= 11 is 0. The van der Waals surface area contributed by atoms with Crippen LogP contribution in [0, 0.1) is 25.6 Å². The Balaban J connectivity index is 1.62. The molecule has 1 unspecified atom stereocenters. The minimum absolute atomic E-state index is 0.0734. The summed E-state index contributed by atoms with van der Waals surface area (Å²) in [6, 6.07) is 13.9. The molecule has 1 fully saturated rings. The number of hydrogen-bond acceptors (Lipinski definition) is 6. The number of rotatable bonds is 10. The lowest BCUT2D eigenvalue weighted by molar-refractivity contribution is -0.138. The van der Waals surface area contributed by atoms with Gasteiger partial charge in [0.1, 0.15) is 17.5 Å². The topological polar surface area (TPSA) is 143 Å².